The van der Waals surface area contributed by atoms with Crippen LogP contribution in [0.3, 0.4) is 0 Å². The highest BCUT2D eigenvalue weighted by atomic mass is 35.5. The zero-order chi connectivity index (χ0) is 20.2. The van der Waals surface area contributed by atoms with Crippen LogP contribution in [0.4, 0.5) is 22.2 Å². The SMILES string of the molecule is CNc1nccc(N2CCC(NC(=O)Nc3ccc(CN4CCC4)cc3Cl)C2)n1. The Morgan fingerprint density at radius 3 is 2.86 bits per heavy atom. The Morgan fingerprint density at radius 2 is 2.14 bits per heavy atom. The van der Waals surface area contributed by atoms with Crippen LogP contribution in [0.15, 0.2) is 30.5 Å². The Morgan fingerprint density at radius 1 is 1.28 bits per heavy atom. The molecule has 3 heterocycles. The number of carbonyl (C=O) groups is 1. The summed E-state index contributed by atoms with van der Waals surface area (Å²) in [5, 5.41) is 9.40. The highest BCUT2D eigenvalue weighted by molar-refractivity contribution is 6.33. The van der Waals surface area contributed by atoms with Crippen molar-refractivity contribution in [3.63, 3.8) is 0 Å². The molecule has 0 radical (unpaired) electrons. The summed E-state index contributed by atoms with van der Waals surface area (Å²) < 4.78 is 0. The number of hydrogen-bond acceptors (Lipinski definition) is 6. The van der Waals surface area contributed by atoms with Gasteiger partial charge in [-0.3, -0.25) is 4.90 Å². The minimum atomic E-state index is -0.243. The van der Waals surface area contributed by atoms with E-state index in [1.165, 1.54) is 6.42 Å². The number of rotatable bonds is 6. The Hall–Kier alpha value is -2.58. The first kappa shape index (κ1) is 19.7. The molecule has 2 aromatic rings. The van der Waals surface area contributed by atoms with Crippen molar-refractivity contribution in [1.29, 1.82) is 0 Å². The molecule has 2 saturated heterocycles. The molecular formula is C20H26ClN7O. The van der Waals surface area contributed by atoms with E-state index in [4.69, 9.17) is 11.6 Å². The molecule has 2 aliphatic rings. The molecule has 2 amide bonds. The first-order valence-electron chi connectivity index (χ1n) is 9.95. The highest BCUT2D eigenvalue weighted by Crippen LogP contribution is 2.25. The molecule has 1 aromatic carbocycles. The fraction of sp³-hybridized carbons (Fsp3) is 0.450. The van der Waals surface area contributed by atoms with Gasteiger partial charge in [-0.25, -0.2) is 9.78 Å². The lowest BCUT2D eigenvalue weighted by atomic mass is 10.1. The van der Waals surface area contributed by atoms with Gasteiger partial charge in [-0.2, -0.15) is 4.98 Å². The highest BCUT2D eigenvalue weighted by Gasteiger charge is 2.25. The molecule has 3 N–H and O–H groups in total. The molecule has 0 aliphatic carbocycles. The average Bonchev–Trinajstić information content (AvgIpc) is 3.15. The van der Waals surface area contributed by atoms with Crippen LogP contribution in [0.1, 0.15) is 18.4 Å². The molecule has 1 aromatic heterocycles. The molecule has 4 rings (SSSR count). The Balaban J connectivity index is 1.29. The number of carbonyl (C=O) groups excluding carboxylic acids is 1. The van der Waals surface area contributed by atoms with Crippen LogP contribution in [-0.2, 0) is 6.54 Å². The molecule has 0 bridgehead atoms. The molecular weight excluding hydrogens is 390 g/mol. The topological polar surface area (TPSA) is 85.4 Å². The van der Waals surface area contributed by atoms with Crippen LogP contribution in [0.2, 0.25) is 5.02 Å². The van der Waals surface area contributed by atoms with E-state index in [2.05, 4.69) is 35.7 Å². The molecule has 0 saturated carbocycles. The van der Waals surface area contributed by atoms with Crippen LogP contribution in [0, 0.1) is 0 Å². The summed E-state index contributed by atoms with van der Waals surface area (Å²) in [5.74, 6) is 1.44. The third-order valence-corrected chi connectivity index (χ3v) is 5.66. The van der Waals surface area contributed by atoms with Crippen molar-refractivity contribution in [2.24, 2.45) is 0 Å². The van der Waals surface area contributed by atoms with Gasteiger partial charge in [0.15, 0.2) is 0 Å². The van der Waals surface area contributed by atoms with Crippen molar-refractivity contribution >= 4 is 35.1 Å². The Bertz CT molecular complexity index is 874. The van der Waals surface area contributed by atoms with E-state index in [1.807, 2.05) is 24.3 Å². The second-order valence-electron chi connectivity index (χ2n) is 7.46. The van der Waals surface area contributed by atoms with Crippen molar-refractivity contribution in [2.45, 2.75) is 25.4 Å². The fourth-order valence-corrected chi connectivity index (χ4v) is 3.88. The first-order valence-corrected chi connectivity index (χ1v) is 10.3. The van der Waals surface area contributed by atoms with Gasteiger partial charge in [0.05, 0.1) is 10.7 Å². The van der Waals surface area contributed by atoms with E-state index in [1.54, 1.807) is 13.2 Å². The number of nitrogens with one attached hydrogen (secondary N) is 3. The smallest absolute Gasteiger partial charge is 0.319 e. The zero-order valence-electron chi connectivity index (χ0n) is 16.5. The van der Waals surface area contributed by atoms with Gasteiger partial charge in [0, 0.05) is 38.9 Å². The molecule has 0 spiro atoms. The van der Waals surface area contributed by atoms with Gasteiger partial charge in [-0.15, -0.1) is 0 Å². The number of aromatic nitrogens is 2. The lowest BCUT2D eigenvalue weighted by Gasteiger charge is -2.30. The second-order valence-corrected chi connectivity index (χ2v) is 7.87. The summed E-state index contributed by atoms with van der Waals surface area (Å²) in [5.41, 5.74) is 1.79. The van der Waals surface area contributed by atoms with Gasteiger partial charge in [0.2, 0.25) is 5.95 Å². The van der Waals surface area contributed by atoms with Gasteiger partial charge in [-0.1, -0.05) is 17.7 Å². The van der Waals surface area contributed by atoms with E-state index in [0.717, 1.165) is 44.0 Å². The summed E-state index contributed by atoms with van der Waals surface area (Å²) in [6.07, 6.45) is 3.85. The van der Waals surface area contributed by atoms with Crippen LogP contribution in [0.25, 0.3) is 0 Å². The fourth-order valence-electron chi connectivity index (χ4n) is 3.63. The van der Waals surface area contributed by atoms with E-state index >= 15 is 0 Å². The zero-order valence-corrected chi connectivity index (χ0v) is 17.2. The van der Waals surface area contributed by atoms with Gasteiger partial charge in [0.25, 0.3) is 0 Å². The standard InChI is InChI=1S/C20H26ClN7O/c1-22-19-23-7-5-18(26-19)28-10-6-15(13-28)24-20(29)25-17-4-3-14(11-16(17)21)12-27-8-2-9-27/h3-5,7,11,15H,2,6,8-10,12-13H2,1H3,(H,22,23,26)(H2,24,25,29). The maximum absolute atomic E-state index is 12.4. The number of likely N-dealkylation sites (tertiary alicyclic amines) is 1. The lowest BCUT2D eigenvalue weighted by molar-refractivity contribution is 0.172. The maximum atomic E-state index is 12.4. The van der Waals surface area contributed by atoms with Crippen LogP contribution < -0.4 is 20.9 Å². The van der Waals surface area contributed by atoms with Crippen molar-refractivity contribution in [3.8, 4) is 0 Å². The van der Waals surface area contributed by atoms with Crippen LogP contribution in [-0.4, -0.2) is 60.2 Å². The van der Waals surface area contributed by atoms with E-state index in [9.17, 15) is 4.79 Å². The minimum Gasteiger partial charge on any atom is -0.357 e. The number of halogens is 1. The summed E-state index contributed by atoms with van der Waals surface area (Å²) in [6.45, 7) is 4.73. The normalized spacial score (nSPS) is 19.0. The molecule has 8 nitrogen and oxygen atoms in total. The van der Waals surface area contributed by atoms with Gasteiger partial charge in [0.1, 0.15) is 5.82 Å². The van der Waals surface area contributed by atoms with Crippen molar-refractivity contribution in [1.82, 2.24) is 20.2 Å². The predicted molar refractivity (Wildman–Crippen MR) is 116 cm³/mol. The van der Waals surface area contributed by atoms with E-state index in [0.29, 0.717) is 23.2 Å². The van der Waals surface area contributed by atoms with E-state index in [-0.39, 0.29) is 12.1 Å². The summed E-state index contributed by atoms with van der Waals surface area (Å²) in [6, 6.07) is 7.51. The first-order chi connectivity index (χ1) is 14.1. The molecule has 2 aliphatic heterocycles. The molecule has 9 heteroatoms. The molecule has 1 unspecified atom stereocenters. The summed E-state index contributed by atoms with van der Waals surface area (Å²) >= 11 is 6.38. The lowest BCUT2D eigenvalue weighted by Crippen LogP contribution is -2.39. The van der Waals surface area contributed by atoms with Crippen LogP contribution >= 0.6 is 11.6 Å². The average molecular weight is 416 g/mol. The third-order valence-electron chi connectivity index (χ3n) is 5.35. The number of benzene rings is 1. The number of anilines is 3. The van der Waals surface area contributed by atoms with Crippen molar-refractivity contribution in [2.75, 3.05) is 48.8 Å². The third kappa shape index (κ3) is 4.89. The number of hydrogen-bond donors (Lipinski definition) is 3. The monoisotopic (exact) mass is 415 g/mol. The van der Waals surface area contributed by atoms with E-state index < -0.39 is 0 Å². The molecule has 2 fully saturated rings. The Kier molecular flexibility index (Phi) is 6.01. The second kappa shape index (κ2) is 8.84. The molecule has 1 atom stereocenters. The summed E-state index contributed by atoms with van der Waals surface area (Å²) in [7, 11) is 1.79. The molecule has 29 heavy (non-hydrogen) atoms. The maximum Gasteiger partial charge on any atom is 0.319 e. The minimum absolute atomic E-state index is 0.0486. The summed E-state index contributed by atoms with van der Waals surface area (Å²) in [4.78, 5) is 25.6. The van der Waals surface area contributed by atoms with Crippen molar-refractivity contribution < 1.29 is 4.79 Å². The number of amides is 2. The number of urea groups is 1. The van der Waals surface area contributed by atoms with Gasteiger partial charge >= 0.3 is 6.03 Å². The van der Waals surface area contributed by atoms with Crippen LogP contribution in [0.5, 0.6) is 0 Å². The quantitative estimate of drug-likeness (QED) is 0.672. The van der Waals surface area contributed by atoms with Gasteiger partial charge < -0.3 is 20.9 Å². The largest absolute Gasteiger partial charge is 0.357 e. The Labute approximate surface area is 175 Å². The van der Waals surface area contributed by atoms with Crippen molar-refractivity contribution in [3.05, 3.63) is 41.0 Å². The predicted octanol–water partition coefficient (Wildman–Crippen LogP) is 2.78. The van der Waals surface area contributed by atoms with Gasteiger partial charge in [-0.05, 0) is 49.7 Å². The molecule has 154 valence electrons. The number of nitrogens with zero attached hydrogens (tertiary/aromatic N) is 4.